The second-order valence-electron chi connectivity index (χ2n) is 7.86. The van der Waals surface area contributed by atoms with Gasteiger partial charge in [0.15, 0.2) is 5.60 Å². The molecule has 1 heterocycles. The van der Waals surface area contributed by atoms with Crippen LogP contribution in [-0.4, -0.2) is 42.0 Å². The third-order valence-corrected chi connectivity index (χ3v) is 5.24. The van der Waals surface area contributed by atoms with Gasteiger partial charge in [0.05, 0.1) is 13.2 Å². The summed E-state index contributed by atoms with van der Waals surface area (Å²) in [5.74, 6) is -0.648. The van der Waals surface area contributed by atoms with Gasteiger partial charge in [0, 0.05) is 18.9 Å². The van der Waals surface area contributed by atoms with E-state index in [9.17, 15) is 9.59 Å². The second kappa shape index (κ2) is 8.15. The number of morpholine rings is 1. The van der Waals surface area contributed by atoms with Gasteiger partial charge in [-0.25, -0.2) is 0 Å². The molecule has 5 nitrogen and oxygen atoms in total. The van der Waals surface area contributed by atoms with Gasteiger partial charge in [0.1, 0.15) is 0 Å². The lowest BCUT2D eigenvalue weighted by molar-refractivity contribution is -0.165. The summed E-state index contributed by atoms with van der Waals surface area (Å²) >= 11 is 0. The van der Waals surface area contributed by atoms with E-state index in [-0.39, 0.29) is 18.4 Å². The molecule has 2 amide bonds. The highest BCUT2D eigenvalue weighted by Gasteiger charge is 2.44. The summed E-state index contributed by atoms with van der Waals surface area (Å²) in [5.41, 5.74) is 8.90. The number of ether oxygens (including phenoxy) is 1. The van der Waals surface area contributed by atoms with Gasteiger partial charge in [-0.1, -0.05) is 67.9 Å². The Hall–Kier alpha value is -2.66. The highest BCUT2D eigenvalue weighted by atomic mass is 16.5. The van der Waals surface area contributed by atoms with Crippen LogP contribution in [0.5, 0.6) is 0 Å². The number of carbonyl (C=O) groups excluding carboxylic acids is 2. The minimum absolute atomic E-state index is 0.0160. The Morgan fingerprint density at radius 1 is 1.14 bits per heavy atom. The fourth-order valence-corrected chi connectivity index (χ4v) is 3.62. The Morgan fingerprint density at radius 3 is 2.50 bits per heavy atom. The molecule has 0 aliphatic carbocycles. The number of carbonyl (C=O) groups is 2. The van der Waals surface area contributed by atoms with Gasteiger partial charge in [-0.15, -0.1) is 0 Å². The van der Waals surface area contributed by atoms with E-state index in [0.717, 1.165) is 16.7 Å². The van der Waals surface area contributed by atoms with Crippen molar-refractivity contribution in [3.8, 4) is 11.1 Å². The molecule has 1 atom stereocenters. The standard InChI is InChI=1S/C23H28N2O3/c1-16(2)21(26)25-11-12-28-23(15-25,22(24)27)14-18-5-4-6-20(13-18)19-9-7-17(3)8-10-19/h4-10,13,16H,11-12,14-15H2,1-3H3,(H2,24,27)/t23-/m1/s1. The number of amides is 2. The van der Waals surface area contributed by atoms with Crippen LogP contribution >= 0.6 is 0 Å². The number of primary amides is 1. The molecular formula is C23H28N2O3. The fraction of sp³-hybridized carbons (Fsp3) is 0.391. The molecule has 1 aliphatic heterocycles. The van der Waals surface area contributed by atoms with Gasteiger partial charge < -0.3 is 15.4 Å². The molecule has 0 saturated carbocycles. The molecule has 1 aliphatic rings. The predicted molar refractivity (Wildman–Crippen MR) is 110 cm³/mol. The SMILES string of the molecule is Cc1ccc(-c2cccc(C[C@]3(C(N)=O)CN(C(=O)C(C)C)CCO3)c2)cc1. The summed E-state index contributed by atoms with van der Waals surface area (Å²) in [6, 6.07) is 16.4. The molecule has 1 fully saturated rings. The Labute approximate surface area is 166 Å². The average Bonchev–Trinajstić information content (AvgIpc) is 2.68. The summed E-state index contributed by atoms with van der Waals surface area (Å²) in [7, 11) is 0. The zero-order valence-electron chi connectivity index (χ0n) is 16.8. The Kier molecular flexibility index (Phi) is 5.84. The minimum atomic E-state index is -1.20. The first-order valence-corrected chi connectivity index (χ1v) is 9.69. The summed E-state index contributed by atoms with van der Waals surface area (Å²) in [4.78, 5) is 26.5. The van der Waals surface area contributed by atoms with E-state index in [4.69, 9.17) is 10.5 Å². The lowest BCUT2D eigenvalue weighted by atomic mass is 9.89. The predicted octanol–water partition coefficient (Wildman–Crippen LogP) is 2.94. The quantitative estimate of drug-likeness (QED) is 0.867. The van der Waals surface area contributed by atoms with Crippen molar-refractivity contribution in [1.29, 1.82) is 0 Å². The first kappa shape index (κ1) is 20.1. The zero-order valence-corrected chi connectivity index (χ0v) is 16.8. The molecule has 1 saturated heterocycles. The van der Waals surface area contributed by atoms with E-state index in [2.05, 4.69) is 37.3 Å². The van der Waals surface area contributed by atoms with Crippen molar-refractivity contribution < 1.29 is 14.3 Å². The van der Waals surface area contributed by atoms with Gasteiger partial charge in [0.25, 0.3) is 5.91 Å². The smallest absolute Gasteiger partial charge is 0.251 e. The first-order chi connectivity index (χ1) is 13.3. The van der Waals surface area contributed by atoms with E-state index in [1.165, 1.54) is 5.56 Å². The molecule has 3 rings (SSSR count). The topological polar surface area (TPSA) is 72.6 Å². The fourth-order valence-electron chi connectivity index (χ4n) is 3.62. The van der Waals surface area contributed by atoms with Crippen LogP contribution in [0.2, 0.25) is 0 Å². The van der Waals surface area contributed by atoms with Crippen LogP contribution < -0.4 is 5.73 Å². The van der Waals surface area contributed by atoms with Crippen molar-refractivity contribution in [2.75, 3.05) is 19.7 Å². The van der Waals surface area contributed by atoms with E-state index < -0.39 is 11.5 Å². The van der Waals surface area contributed by atoms with E-state index in [0.29, 0.717) is 19.6 Å². The summed E-state index contributed by atoms with van der Waals surface area (Å²) in [5, 5.41) is 0. The van der Waals surface area contributed by atoms with Crippen LogP contribution in [0.3, 0.4) is 0 Å². The van der Waals surface area contributed by atoms with Crippen LogP contribution in [0.1, 0.15) is 25.0 Å². The summed E-state index contributed by atoms with van der Waals surface area (Å²) < 4.78 is 5.88. The highest BCUT2D eigenvalue weighted by Crippen LogP contribution is 2.27. The van der Waals surface area contributed by atoms with E-state index in [1.807, 2.05) is 32.0 Å². The summed E-state index contributed by atoms with van der Waals surface area (Å²) in [6.07, 6.45) is 0.337. The van der Waals surface area contributed by atoms with Gasteiger partial charge >= 0.3 is 0 Å². The number of hydrogen-bond acceptors (Lipinski definition) is 3. The zero-order chi connectivity index (χ0) is 20.3. The minimum Gasteiger partial charge on any atom is -0.367 e. The van der Waals surface area contributed by atoms with E-state index >= 15 is 0 Å². The third kappa shape index (κ3) is 4.25. The lowest BCUT2D eigenvalue weighted by Crippen LogP contribution is -2.61. The maximum absolute atomic E-state index is 12.4. The number of nitrogens with zero attached hydrogens (tertiary/aromatic N) is 1. The van der Waals surface area contributed by atoms with Crippen molar-refractivity contribution in [2.24, 2.45) is 11.7 Å². The van der Waals surface area contributed by atoms with Crippen LogP contribution in [0, 0.1) is 12.8 Å². The molecule has 0 spiro atoms. The van der Waals surface area contributed by atoms with Crippen LogP contribution in [0.4, 0.5) is 0 Å². The highest BCUT2D eigenvalue weighted by molar-refractivity contribution is 5.86. The molecule has 28 heavy (non-hydrogen) atoms. The maximum Gasteiger partial charge on any atom is 0.251 e. The molecule has 5 heteroatoms. The van der Waals surface area contributed by atoms with Crippen molar-refractivity contribution in [1.82, 2.24) is 4.90 Å². The Bertz CT molecular complexity index is 860. The Balaban J connectivity index is 1.87. The molecule has 2 aromatic rings. The molecule has 0 bridgehead atoms. The molecular weight excluding hydrogens is 352 g/mol. The van der Waals surface area contributed by atoms with Crippen molar-refractivity contribution in [3.63, 3.8) is 0 Å². The number of hydrogen-bond donors (Lipinski definition) is 1. The second-order valence-corrected chi connectivity index (χ2v) is 7.86. The molecule has 0 aromatic heterocycles. The maximum atomic E-state index is 12.4. The summed E-state index contributed by atoms with van der Waals surface area (Å²) in [6.45, 7) is 6.74. The van der Waals surface area contributed by atoms with Gasteiger partial charge in [-0.3, -0.25) is 9.59 Å². The van der Waals surface area contributed by atoms with Crippen molar-refractivity contribution in [3.05, 3.63) is 59.7 Å². The van der Waals surface area contributed by atoms with Crippen LogP contribution in [-0.2, 0) is 20.7 Å². The largest absolute Gasteiger partial charge is 0.367 e. The molecule has 0 radical (unpaired) electrons. The molecule has 0 unspecified atom stereocenters. The van der Waals surface area contributed by atoms with Crippen LogP contribution in [0.15, 0.2) is 48.5 Å². The lowest BCUT2D eigenvalue weighted by Gasteiger charge is -2.41. The molecule has 148 valence electrons. The molecule has 2 N–H and O–H groups in total. The van der Waals surface area contributed by atoms with Crippen molar-refractivity contribution >= 4 is 11.8 Å². The number of nitrogens with two attached hydrogens (primary N) is 1. The normalized spacial score (nSPS) is 19.6. The monoisotopic (exact) mass is 380 g/mol. The number of benzene rings is 2. The average molecular weight is 380 g/mol. The Morgan fingerprint density at radius 2 is 1.86 bits per heavy atom. The number of rotatable bonds is 5. The van der Waals surface area contributed by atoms with Crippen LogP contribution in [0.25, 0.3) is 11.1 Å². The molecule has 2 aromatic carbocycles. The van der Waals surface area contributed by atoms with Gasteiger partial charge in [-0.05, 0) is 23.6 Å². The number of aryl methyl sites for hydroxylation is 1. The third-order valence-electron chi connectivity index (χ3n) is 5.24. The first-order valence-electron chi connectivity index (χ1n) is 9.69. The van der Waals surface area contributed by atoms with Crippen molar-refractivity contribution in [2.45, 2.75) is 32.8 Å². The van der Waals surface area contributed by atoms with E-state index in [1.54, 1.807) is 4.90 Å². The van der Waals surface area contributed by atoms with Gasteiger partial charge in [0.2, 0.25) is 5.91 Å². The van der Waals surface area contributed by atoms with Gasteiger partial charge in [-0.2, -0.15) is 0 Å².